The molecule has 1 aromatic carbocycles. The van der Waals surface area contributed by atoms with Crippen LogP contribution in [0.3, 0.4) is 0 Å². The summed E-state index contributed by atoms with van der Waals surface area (Å²) >= 11 is 11.8. The standard InChI is InChI=1S/C14H19Cl2N3O2/c1-3-17-7-8-18-13(20)9(2)19-14(21)10-5-4-6-11(15)12(10)16/h4-6,9,17H,3,7-8H2,1-2H3,(H,18,20)(H,19,21). The highest BCUT2D eigenvalue weighted by Gasteiger charge is 2.18. The molecule has 0 saturated heterocycles. The zero-order chi connectivity index (χ0) is 15.8. The molecule has 0 saturated carbocycles. The molecule has 1 aromatic rings. The number of amides is 2. The minimum atomic E-state index is -0.658. The Labute approximate surface area is 134 Å². The van der Waals surface area contributed by atoms with Crippen LogP contribution >= 0.6 is 23.2 Å². The minimum absolute atomic E-state index is 0.177. The van der Waals surface area contributed by atoms with Crippen LogP contribution in [0.25, 0.3) is 0 Å². The summed E-state index contributed by atoms with van der Waals surface area (Å²) in [5, 5.41) is 8.88. The Morgan fingerprint density at radius 2 is 1.95 bits per heavy atom. The second-order valence-corrected chi connectivity index (χ2v) is 5.23. The van der Waals surface area contributed by atoms with Gasteiger partial charge in [0.15, 0.2) is 0 Å². The number of hydrogen-bond donors (Lipinski definition) is 3. The average Bonchev–Trinajstić information content (AvgIpc) is 2.46. The molecule has 3 N–H and O–H groups in total. The summed E-state index contributed by atoms with van der Waals surface area (Å²) < 4.78 is 0. The van der Waals surface area contributed by atoms with Gasteiger partial charge in [-0.25, -0.2) is 0 Å². The molecule has 0 spiro atoms. The quantitative estimate of drug-likeness (QED) is 0.667. The molecular weight excluding hydrogens is 313 g/mol. The third-order valence-electron chi connectivity index (χ3n) is 2.79. The molecule has 0 aromatic heterocycles. The van der Waals surface area contributed by atoms with Crippen molar-refractivity contribution in [1.29, 1.82) is 0 Å². The van der Waals surface area contributed by atoms with Gasteiger partial charge in [0, 0.05) is 13.1 Å². The van der Waals surface area contributed by atoms with Crippen molar-refractivity contribution in [2.45, 2.75) is 19.9 Å². The van der Waals surface area contributed by atoms with E-state index in [0.717, 1.165) is 6.54 Å². The van der Waals surface area contributed by atoms with Crippen LogP contribution in [0.4, 0.5) is 0 Å². The van der Waals surface area contributed by atoms with Crippen molar-refractivity contribution < 1.29 is 9.59 Å². The maximum absolute atomic E-state index is 12.1. The number of carbonyl (C=O) groups is 2. The van der Waals surface area contributed by atoms with Gasteiger partial charge in [0.25, 0.3) is 5.91 Å². The molecule has 0 aliphatic heterocycles. The third-order valence-corrected chi connectivity index (χ3v) is 3.61. The van der Waals surface area contributed by atoms with Gasteiger partial charge in [0.05, 0.1) is 15.6 Å². The van der Waals surface area contributed by atoms with Crippen molar-refractivity contribution in [2.24, 2.45) is 0 Å². The summed E-state index contributed by atoms with van der Waals surface area (Å²) in [4.78, 5) is 23.9. The van der Waals surface area contributed by atoms with Gasteiger partial charge in [-0.05, 0) is 25.6 Å². The van der Waals surface area contributed by atoms with Crippen molar-refractivity contribution in [3.8, 4) is 0 Å². The summed E-state index contributed by atoms with van der Waals surface area (Å²) in [5.41, 5.74) is 0.247. The van der Waals surface area contributed by atoms with E-state index in [2.05, 4.69) is 16.0 Å². The van der Waals surface area contributed by atoms with Crippen LogP contribution in [0.2, 0.25) is 10.0 Å². The van der Waals surface area contributed by atoms with Crippen LogP contribution in [-0.4, -0.2) is 37.5 Å². The minimum Gasteiger partial charge on any atom is -0.353 e. The van der Waals surface area contributed by atoms with E-state index >= 15 is 0 Å². The molecule has 1 rings (SSSR count). The van der Waals surface area contributed by atoms with Gasteiger partial charge in [-0.2, -0.15) is 0 Å². The van der Waals surface area contributed by atoms with Gasteiger partial charge >= 0.3 is 0 Å². The number of benzene rings is 1. The van der Waals surface area contributed by atoms with Crippen LogP contribution in [0, 0.1) is 0 Å². The fraction of sp³-hybridized carbons (Fsp3) is 0.429. The SMILES string of the molecule is CCNCCNC(=O)C(C)NC(=O)c1cccc(Cl)c1Cl. The molecule has 1 unspecified atom stereocenters. The van der Waals surface area contributed by atoms with Gasteiger partial charge < -0.3 is 16.0 Å². The first-order valence-corrected chi connectivity index (χ1v) is 7.46. The van der Waals surface area contributed by atoms with Gasteiger partial charge in [-0.1, -0.05) is 36.2 Å². The fourth-order valence-electron chi connectivity index (χ4n) is 1.62. The zero-order valence-electron chi connectivity index (χ0n) is 12.0. The first-order valence-electron chi connectivity index (χ1n) is 6.70. The lowest BCUT2D eigenvalue weighted by atomic mass is 10.2. The molecule has 116 valence electrons. The van der Waals surface area contributed by atoms with E-state index in [0.29, 0.717) is 18.1 Å². The van der Waals surface area contributed by atoms with E-state index in [4.69, 9.17) is 23.2 Å². The van der Waals surface area contributed by atoms with Gasteiger partial charge in [0.2, 0.25) is 5.91 Å². The van der Waals surface area contributed by atoms with Crippen molar-refractivity contribution in [3.63, 3.8) is 0 Å². The maximum Gasteiger partial charge on any atom is 0.253 e. The normalized spacial score (nSPS) is 11.8. The molecule has 21 heavy (non-hydrogen) atoms. The number of likely N-dealkylation sites (N-methyl/N-ethyl adjacent to an activating group) is 1. The highest BCUT2D eigenvalue weighted by Crippen LogP contribution is 2.25. The van der Waals surface area contributed by atoms with E-state index in [9.17, 15) is 9.59 Å². The number of halogens is 2. The largest absolute Gasteiger partial charge is 0.353 e. The van der Waals surface area contributed by atoms with E-state index < -0.39 is 11.9 Å². The van der Waals surface area contributed by atoms with Crippen LogP contribution in [-0.2, 0) is 4.79 Å². The average molecular weight is 332 g/mol. The smallest absolute Gasteiger partial charge is 0.253 e. The second-order valence-electron chi connectivity index (χ2n) is 4.44. The van der Waals surface area contributed by atoms with Crippen molar-refractivity contribution >= 4 is 35.0 Å². The van der Waals surface area contributed by atoms with Crippen molar-refractivity contribution in [3.05, 3.63) is 33.8 Å². The maximum atomic E-state index is 12.1. The Balaban J connectivity index is 2.53. The molecule has 0 radical (unpaired) electrons. The van der Waals surface area contributed by atoms with E-state index in [1.54, 1.807) is 25.1 Å². The van der Waals surface area contributed by atoms with Gasteiger partial charge in [0.1, 0.15) is 6.04 Å². The van der Waals surface area contributed by atoms with Crippen LogP contribution in [0.1, 0.15) is 24.2 Å². The number of hydrogen-bond acceptors (Lipinski definition) is 3. The molecule has 1 atom stereocenters. The Morgan fingerprint density at radius 1 is 1.24 bits per heavy atom. The first-order chi connectivity index (χ1) is 9.97. The lowest BCUT2D eigenvalue weighted by Gasteiger charge is -2.15. The predicted octanol–water partition coefficient (Wildman–Crippen LogP) is 1.84. The van der Waals surface area contributed by atoms with E-state index in [1.807, 2.05) is 6.92 Å². The van der Waals surface area contributed by atoms with E-state index in [1.165, 1.54) is 0 Å². The molecule has 5 nitrogen and oxygen atoms in total. The second kappa shape index (κ2) is 8.87. The lowest BCUT2D eigenvalue weighted by molar-refractivity contribution is -0.122. The van der Waals surface area contributed by atoms with Crippen LogP contribution in [0.5, 0.6) is 0 Å². The lowest BCUT2D eigenvalue weighted by Crippen LogP contribution is -2.46. The topological polar surface area (TPSA) is 70.2 Å². The first kappa shape index (κ1) is 17.8. The molecular formula is C14H19Cl2N3O2. The summed E-state index contributed by atoms with van der Waals surface area (Å²) in [5.74, 6) is -0.684. The van der Waals surface area contributed by atoms with E-state index in [-0.39, 0.29) is 16.5 Å². The van der Waals surface area contributed by atoms with Crippen LogP contribution < -0.4 is 16.0 Å². The van der Waals surface area contributed by atoms with Gasteiger partial charge in [-0.15, -0.1) is 0 Å². The summed E-state index contributed by atoms with van der Waals surface area (Å²) in [6, 6.07) is 4.12. The molecule has 7 heteroatoms. The number of nitrogens with one attached hydrogen (secondary N) is 3. The molecule has 0 heterocycles. The Morgan fingerprint density at radius 3 is 2.62 bits per heavy atom. The molecule has 2 amide bonds. The third kappa shape index (κ3) is 5.53. The fourth-order valence-corrected chi connectivity index (χ4v) is 2.01. The number of carbonyl (C=O) groups excluding carboxylic acids is 2. The zero-order valence-corrected chi connectivity index (χ0v) is 13.5. The Bertz CT molecular complexity index is 509. The highest BCUT2D eigenvalue weighted by atomic mass is 35.5. The summed E-state index contributed by atoms with van der Waals surface area (Å²) in [7, 11) is 0. The molecule has 0 bridgehead atoms. The van der Waals surface area contributed by atoms with Gasteiger partial charge in [-0.3, -0.25) is 9.59 Å². The molecule has 0 aliphatic carbocycles. The Kier molecular flexibility index (Phi) is 7.50. The molecule has 0 fully saturated rings. The predicted molar refractivity (Wildman–Crippen MR) is 84.9 cm³/mol. The summed E-state index contributed by atoms with van der Waals surface area (Å²) in [6.07, 6.45) is 0. The van der Waals surface area contributed by atoms with Crippen molar-refractivity contribution in [2.75, 3.05) is 19.6 Å². The summed E-state index contributed by atoms with van der Waals surface area (Å²) in [6.45, 7) is 5.63. The monoisotopic (exact) mass is 331 g/mol. The van der Waals surface area contributed by atoms with Crippen LogP contribution in [0.15, 0.2) is 18.2 Å². The Hall–Kier alpha value is -1.30. The highest BCUT2D eigenvalue weighted by molar-refractivity contribution is 6.43. The number of rotatable bonds is 7. The molecule has 0 aliphatic rings. The van der Waals surface area contributed by atoms with Crippen molar-refractivity contribution in [1.82, 2.24) is 16.0 Å².